The fraction of sp³-hybridized carbons (Fsp3) is 0.500. The average molecular weight is 986 g/mol. The molecule has 20 nitrogen and oxygen atoms in total. The molecule has 0 radical (unpaired) electrons. The second-order valence-corrected chi connectivity index (χ2v) is 19.0. The molecule has 3 fully saturated rings. The molecule has 2 aromatic carbocycles. The van der Waals surface area contributed by atoms with E-state index in [4.69, 9.17) is 19.2 Å². The third kappa shape index (κ3) is 12.1. The molecule has 382 valence electrons. The second-order valence-electron chi connectivity index (χ2n) is 19.0. The zero-order valence-corrected chi connectivity index (χ0v) is 41.6. The van der Waals surface area contributed by atoms with Gasteiger partial charge in [-0.05, 0) is 88.1 Å². The number of benzene rings is 2. The first-order valence-electron chi connectivity index (χ1n) is 25.3. The van der Waals surface area contributed by atoms with Crippen molar-refractivity contribution >= 4 is 64.4 Å². The van der Waals surface area contributed by atoms with Gasteiger partial charge in [-0.25, -0.2) is 15.0 Å². The highest BCUT2D eigenvalue weighted by Gasteiger charge is 2.45. The first kappa shape index (κ1) is 50.2. The number of piperidine rings is 1. The third-order valence-electron chi connectivity index (χ3n) is 14.0. The SMILES string of the molecule is COC1CCN=CN=CC=C(Nc2cc3c(cn2)nc(COCCN2CCN(c4ccc(OCCCN5CCN(c6ccc7c(c6)C(=O)N(C6CCC(=O)NC6=O)C7=O)CC5)cc4)CC2)n3C(C)C)NCC1. The van der Waals surface area contributed by atoms with Gasteiger partial charge in [0.1, 0.15) is 47.7 Å². The maximum atomic E-state index is 13.3. The normalized spacial score (nSPS) is 20.6. The maximum Gasteiger partial charge on any atom is 0.262 e. The Morgan fingerprint density at radius 3 is 2.31 bits per heavy atom. The Morgan fingerprint density at radius 2 is 1.56 bits per heavy atom. The number of nitrogens with zero attached hydrogens (tertiary/aromatic N) is 10. The molecule has 9 rings (SSSR count). The minimum absolute atomic E-state index is 0.0926. The predicted molar refractivity (Wildman–Crippen MR) is 276 cm³/mol. The molecule has 0 aliphatic carbocycles. The van der Waals surface area contributed by atoms with E-state index in [-0.39, 0.29) is 25.0 Å². The molecule has 4 aromatic rings. The van der Waals surface area contributed by atoms with E-state index in [2.05, 4.69) is 93.2 Å². The van der Waals surface area contributed by atoms with Crippen LogP contribution in [0.2, 0.25) is 0 Å². The van der Waals surface area contributed by atoms with Gasteiger partial charge in [0, 0.05) is 122 Å². The summed E-state index contributed by atoms with van der Waals surface area (Å²) in [6.45, 7) is 16.2. The molecular formula is C52H67N13O7. The predicted octanol–water partition coefficient (Wildman–Crippen LogP) is 4.09. The van der Waals surface area contributed by atoms with Crippen LogP contribution in [0.4, 0.5) is 17.2 Å². The minimum Gasteiger partial charge on any atom is -0.494 e. The zero-order valence-electron chi connectivity index (χ0n) is 41.6. The number of nitrogens with one attached hydrogen (secondary N) is 3. The van der Waals surface area contributed by atoms with Crippen molar-refractivity contribution in [2.75, 3.05) is 114 Å². The van der Waals surface area contributed by atoms with E-state index in [1.54, 1.807) is 31.8 Å². The summed E-state index contributed by atoms with van der Waals surface area (Å²) in [7, 11) is 1.74. The highest BCUT2D eigenvalue weighted by molar-refractivity contribution is 6.23. The summed E-state index contributed by atoms with van der Waals surface area (Å²) in [5.41, 5.74) is 4.49. The topological polar surface area (TPSA) is 204 Å². The number of anilines is 3. The summed E-state index contributed by atoms with van der Waals surface area (Å²) in [6, 6.07) is 15.0. The van der Waals surface area contributed by atoms with Crippen LogP contribution in [-0.4, -0.2) is 176 Å². The summed E-state index contributed by atoms with van der Waals surface area (Å²) < 4.78 is 20.3. The van der Waals surface area contributed by atoms with Crippen molar-refractivity contribution in [3.05, 3.63) is 83.6 Å². The third-order valence-corrected chi connectivity index (χ3v) is 14.0. The van der Waals surface area contributed by atoms with Gasteiger partial charge in [-0.3, -0.25) is 44.2 Å². The van der Waals surface area contributed by atoms with Gasteiger partial charge in [-0.1, -0.05) is 0 Å². The van der Waals surface area contributed by atoms with Crippen molar-refractivity contribution < 1.29 is 33.4 Å². The second kappa shape index (κ2) is 23.7. The van der Waals surface area contributed by atoms with E-state index in [0.717, 1.165) is 130 Å². The van der Waals surface area contributed by atoms with Gasteiger partial charge in [0.2, 0.25) is 11.8 Å². The number of carbonyl (C=O) groups excluding carboxylic acids is 4. The van der Waals surface area contributed by atoms with Crippen LogP contribution in [0.5, 0.6) is 5.75 Å². The lowest BCUT2D eigenvalue weighted by molar-refractivity contribution is -0.136. The van der Waals surface area contributed by atoms with Crippen LogP contribution in [0.15, 0.2) is 76.6 Å². The number of hydrogen-bond acceptors (Lipinski definition) is 17. The number of ether oxygens (including phenoxy) is 3. The van der Waals surface area contributed by atoms with Crippen LogP contribution >= 0.6 is 0 Å². The van der Waals surface area contributed by atoms with Crippen LogP contribution in [0, 0.1) is 0 Å². The van der Waals surface area contributed by atoms with E-state index >= 15 is 0 Å². The standard InChI is InChI=1S/C52H67N13O7/c1-36(2)64-45-32-47(58-46-15-17-54-35-53-16-13-39(70-3)14-18-55-46)56-33-43(45)57-48(64)34-71-30-28-61-22-24-62(25-23-61)37-5-8-40(9-6-37)72-29-4-19-60-20-26-63(27-21-60)38-7-10-41-42(31-38)52(69)65(51(41)68)44-11-12-49(66)59-50(44)67/h5-10,15,17,31-33,35-36,39,44,55H,4,11-14,16,18-30,34H2,1-3H3,(H,56,58)(H,59,66,67). The molecule has 20 heteroatoms. The minimum atomic E-state index is -0.973. The monoisotopic (exact) mass is 986 g/mol. The number of fused-ring (bicyclic) bond motifs is 2. The summed E-state index contributed by atoms with van der Waals surface area (Å²) in [4.78, 5) is 79.3. The molecule has 5 aliphatic rings. The van der Waals surface area contributed by atoms with E-state index in [1.165, 1.54) is 5.69 Å². The summed E-state index contributed by atoms with van der Waals surface area (Å²) in [5, 5.41) is 9.14. The molecule has 2 unspecified atom stereocenters. The van der Waals surface area contributed by atoms with Crippen molar-refractivity contribution in [3.8, 4) is 5.75 Å². The van der Waals surface area contributed by atoms with E-state index in [9.17, 15) is 19.2 Å². The average Bonchev–Trinajstić information content (AvgIpc) is 3.87. The van der Waals surface area contributed by atoms with E-state index in [1.807, 2.05) is 24.4 Å². The van der Waals surface area contributed by atoms with Gasteiger partial charge in [-0.2, -0.15) is 0 Å². The van der Waals surface area contributed by atoms with E-state index in [0.29, 0.717) is 43.3 Å². The Balaban J connectivity index is 0.665. The molecule has 2 atom stereocenters. The Hall–Kier alpha value is -6.74. The van der Waals surface area contributed by atoms with Gasteiger partial charge in [0.15, 0.2) is 0 Å². The lowest BCUT2D eigenvalue weighted by atomic mass is 10.0. The fourth-order valence-electron chi connectivity index (χ4n) is 10.0. The zero-order chi connectivity index (χ0) is 50.0. The molecule has 0 spiro atoms. The summed E-state index contributed by atoms with van der Waals surface area (Å²) in [5.74, 6) is 1.26. The van der Waals surface area contributed by atoms with Crippen molar-refractivity contribution in [1.29, 1.82) is 0 Å². The highest BCUT2D eigenvalue weighted by atomic mass is 16.5. The number of methoxy groups -OCH3 is 1. The lowest BCUT2D eigenvalue weighted by Gasteiger charge is -2.36. The van der Waals surface area contributed by atoms with Crippen molar-refractivity contribution in [3.63, 3.8) is 0 Å². The Kier molecular flexibility index (Phi) is 16.5. The maximum absolute atomic E-state index is 13.3. The number of imidazole rings is 1. The van der Waals surface area contributed by atoms with Crippen LogP contribution in [0.1, 0.15) is 78.5 Å². The molecule has 72 heavy (non-hydrogen) atoms. The fourth-order valence-corrected chi connectivity index (χ4v) is 10.0. The van der Waals surface area contributed by atoms with E-state index < -0.39 is 29.7 Å². The number of aromatic nitrogens is 3. The van der Waals surface area contributed by atoms with Crippen LogP contribution in [0.25, 0.3) is 11.0 Å². The molecule has 2 aromatic heterocycles. The molecule has 4 amide bonds. The first-order chi connectivity index (χ1) is 35.1. The first-order valence-corrected chi connectivity index (χ1v) is 25.3. The van der Waals surface area contributed by atoms with Gasteiger partial charge in [0.25, 0.3) is 11.8 Å². The highest BCUT2D eigenvalue weighted by Crippen LogP contribution is 2.31. The number of amides is 4. The Labute approximate surface area is 420 Å². The lowest BCUT2D eigenvalue weighted by Crippen LogP contribution is -2.54. The molecule has 0 bridgehead atoms. The smallest absolute Gasteiger partial charge is 0.262 e. The molecule has 7 heterocycles. The number of allylic oxidation sites excluding steroid dienone is 1. The Bertz CT molecular complexity index is 2650. The van der Waals surface area contributed by atoms with Crippen molar-refractivity contribution in [2.45, 2.75) is 70.7 Å². The number of rotatable bonds is 17. The van der Waals surface area contributed by atoms with Gasteiger partial charge >= 0.3 is 0 Å². The largest absolute Gasteiger partial charge is 0.494 e. The quantitative estimate of drug-likeness (QED) is 0.101. The molecular weight excluding hydrogens is 919 g/mol. The van der Waals surface area contributed by atoms with Gasteiger partial charge in [0.05, 0.1) is 42.2 Å². The number of hydrogen-bond donors (Lipinski definition) is 3. The van der Waals surface area contributed by atoms with Crippen molar-refractivity contribution in [1.82, 2.24) is 39.9 Å². The number of piperazine rings is 2. The number of aliphatic imine (C=N–C) groups is 2. The molecule has 5 aliphatic heterocycles. The summed E-state index contributed by atoms with van der Waals surface area (Å²) in [6.07, 6.45) is 9.93. The van der Waals surface area contributed by atoms with Gasteiger partial charge < -0.3 is 39.2 Å². The molecule has 3 N–H and O–H groups in total. The Morgan fingerprint density at radius 1 is 0.819 bits per heavy atom. The molecule has 3 saturated heterocycles. The number of pyridine rings is 1. The van der Waals surface area contributed by atoms with Crippen LogP contribution < -0.4 is 30.5 Å². The molecule has 0 saturated carbocycles. The van der Waals surface area contributed by atoms with Crippen LogP contribution in [0.3, 0.4) is 0 Å². The number of imide groups is 2. The van der Waals surface area contributed by atoms with Crippen LogP contribution in [-0.2, 0) is 25.7 Å². The van der Waals surface area contributed by atoms with Crippen molar-refractivity contribution in [2.24, 2.45) is 9.98 Å². The summed E-state index contributed by atoms with van der Waals surface area (Å²) >= 11 is 0. The number of carbonyl (C=O) groups is 4. The van der Waals surface area contributed by atoms with Gasteiger partial charge in [-0.15, -0.1) is 0 Å².